The number of benzene rings is 2. The van der Waals surface area contributed by atoms with Crippen molar-refractivity contribution in [1.82, 2.24) is 15.8 Å². The van der Waals surface area contributed by atoms with E-state index in [4.69, 9.17) is 9.72 Å². The summed E-state index contributed by atoms with van der Waals surface area (Å²) in [6.45, 7) is 1.40. The number of hydrogen-bond donors (Lipinski definition) is 2. The number of nitrogens with one attached hydrogen (secondary N) is 2. The van der Waals surface area contributed by atoms with E-state index in [1.165, 1.54) is 22.7 Å². The quantitative estimate of drug-likeness (QED) is 0.295. The Kier molecular flexibility index (Phi) is 7.46. The molecule has 0 saturated carbocycles. The minimum atomic E-state index is -0.637. The Balaban J connectivity index is 1.34. The number of hydrazine groups is 1. The summed E-state index contributed by atoms with van der Waals surface area (Å²) in [6, 6.07) is 20.5. The van der Waals surface area contributed by atoms with E-state index in [2.05, 4.69) is 10.9 Å². The van der Waals surface area contributed by atoms with Crippen molar-refractivity contribution in [2.75, 3.05) is 6.61 Å². The van der Waals surface area contributed by atoms with Gasteiger partial charge in [0.1, 0.15) is 5.01 Å². The molecule has 2 N–H and O–H groups in total. The van der Waals surface area contributed by atoms with Gasteiger partial charge in [-0.1, -0.05) is 54.1 Å². The van der Waals surface area contributed by atoms with E-state index < -0.39 is 24.4 Å². The van der Waals surface area contributed by atoms with Crippen molar-refractivity contribution in [3.05, 3.63) is 88.1 Å². The highest BCUT2D eigenvalue weighted by Gasteiger charge is 2.19. The lowest BCUT2D eigenvalue weighted by Gasteiger charge is -2.08. The molecule has 7 nitrogen and oxygen atoms in total. The second-order valence-corrected chi connectivity index (χ2v) is 9.37. The molecule has 2 aromatic carbocycles. The van der Waals surface area contributed by atoms with E-state index in [1.54, 1.807) is 24.3 Å². The zero-order valence-corrected chi connectivity index (χ0v) is 19.9. The summed E-state index contributed by atoms with van der Waals surface area (Å²) in [6.07, 6.45) is -0.0132. The highest BCUT2D eigenvalue weighted by molar-refractivity contribution is 7.17. The predicted octanol–water partition coefficient (Wildman–Crippen LogP) is 4.39. The van der Waals surface area contributed by atoms with E-state index in [-0.39, 0.29) is 6.42 Å². The number of ether oxygens (including phenoxy) is 1. The molecule has 0 aliphatic carbocycles. The summed E-state index contributed by atoms with van der Waals surface area (Å²) in [5.74, 6) is -1.65. The van der Waals surface area contributed by atoms with Crippen molar-refractivity contribution in [1.29, 1.82) is 0 Å². The molecule has 4 rings (SSSR count). The van der Waals surface area contributed by atoms with Crippen LogP contribution in [0.2, 0.25) is 0 Å². The fourth-order valence-electron chi connectivity index (χ4n) is 3.05. The zero-order valence-electron chi connectivity index (χ0n) is 18.2. The summed E-state index contributed by atoms with van der Waals surface area (Å²) in [4.78, 5) is 43.0. The van der Waals surface area contributed by atoms with Gasteiger partial charge in [0.25, 0.3) is 11.8 Å². The fraction of sp³-hybridized carbons (Fsp3) is 0.120. The van der Waals surface area contributed by atoms with Gasteiger partial charge in [0.05, 0.1) is 17.0 Å². The first-order valence-corrected chi connectivity index (χ1v) is 12.1. The first-order chi connectivity index (χ1) is 16.5. The van der Waals surface area contributed by atoms with Crippen molar-refractivity contribution in [2.24, 2.45) is 0 Å². The molecular weight excluding hydrogens is 470 g/mol. The third-order valence-corrected chi connectivity index (χ3v) is 6.75. The molecule has 172 valence electrons. The Morgan fingerprint density at radius 2 is 1.71 bits per heavy atom. The van der Waals surface area contributed by atoms with E-state index in [0.29, 0.717) is 5.56 Å². The summed E-state index contributed by atoms with van der Waals surface area (Å²) in [7, 11) is 0. The van der Waals surface area contributed by atoms with Crippen molar-refractivity contribution in [2.45, 2.75) is 13.3 Å². The first-order valence-electron chi connectivity index (χ1n) is 10.4. The molecule has 0 aliphatic rings. The van der Waals surface area contributed by atoms with Crippen LogP contribution in [0.15, 0.2) is 72.1 Å². The summed E-state index contributed by atoms with van der Waals surface area (Å²) >= 11 is 2.96. The Bertz CT molecular complexity index is 1280. The van der Waals surface area contributed by atoms with Crippen LogP contribution in [0.3, 0.4) is 0 Å². The lowest BCUT2D eigenvalue weighted by molar-refractivity contribution is -0.148. The summed E-state index contributed by atoms with van der Waals surface area (Å²) in [5.41, 5.74) is 7.69. The molecule has 4 aromatic rings. The number of carbonyl (C=O) groups excluding carboxylic acids is 3. The number of aryl methyl sites for hydroxylation is 1. The Hall–Kier alpha value is -3.82. The highest BCUT2D eigenvalue weighted by Crippen LogP contribution is 2.36. The van der Waals surface area contributed by atoms with Gasteiger partial charge in [0, 0.05) is 16.0 Å². The third-order valence-electron chi connectivity index (χ3n) is 4.77. The average Bonchev–Trinajstić information content (AvgIpc) is 3.52. The molecule has 34 heavy (non-hydrogen) atoms. The van der Waals surface area contributed by atoms with Gasteiger partial charge in [-0.3, -0.25) is 25.2 Å². The van der Waals surface area contributed by atoms with E-state index >= 15 is 0 Å². The molecule has 0 radical (unpaired) electrons. The molecule has 0 unspecified atom stereocenters. The standard InChI is InChI=1S/C25H21N3O4S2/c1-16-9-11-17(12-10-16)24(31)28-27-21(29)15-32-22(30)14-20-23(19-8-5-13-33-19)26-25(34-20)18-6-3-2-4-7-18/h2-13H,14-15H2,1H3,(H,27,29)(H,28,31). The number of aromatic nitrogens is 1. The van der Waals surface area contributed by atoms with Gasteiger partial charge < -0.3 is 4.74 Å². The molecule has 0 spiro atoms. The lowest BCUT2D eigenvalue weighted by atomic mass is 10.1. The third kappa shape index (κ3) is 5.94. The van der Waals surface area contributed by atoms with E-state index in [0.717, 1.165) is 31.6 Å². The molecule has 2 aromatic heterocycles. The number of carbonyl (C=O) groups is 3. The second kappa shape index (κ2) is 10.9. The maximum Gasteiger partial charge on any atom is 0.311 e. The van der Waals surface area contributed by atoms with Gasteiger partial charge >= 0.3 is 5.97 Å². The van der Waals surface area contributed by atoms with Crippen LogP contribution in [0.4, 0.5) is 0 Å². The van der Waals surface area contributed by atoms with Crippen molar-refractivity contribution >= 4 is 40.5 Å². The number of esters is 1. The number of rotatable bonds is 7. The number of nitrogens with zero attached hydrogens (tertiary/aromatic N) is 1. The van der Waals surface area contributed by atoms with E-state index in [9.17, 15) is 14.4 Å². The average molecular weight is 492 g/mol. The molecular formula is C25H21N3O4S2. The maximum absolute atomic E-state index is 12.5. The van der Waals surface area contributed by atoms with Gasteiger partial charge in [-0.25, -0.2) is 4.98 Å². The first kappa shape index (κ1) is 23.3. The Morgan fingerprint density at radius 3 is 2.41 bits per heavy atom. The Labute approximate surface area is 204 Å². The van der Waals surface area contributed by atoms with Gasteiger partial charge in [-0.15, -0.1) is 22.7 Å². The second-order valence-electron chi connectivity index (χ2n) is 7.34. The van der Waals surface area contributed by atoms with E-state index in [1.807, 2.05) is 54.8 Å². The largest absolute Gasteiger partial charge is 0.455 e. The van der Waals surface area contributed by atoms with Crippen molar-refractivity contribution in [3.63, 3.8) is 0 Å². The molecule has 0 aliphatic heterocycles. The predicted molar refractivity (Wildman–Crippen MR) is 132 cm³/mol. The molecule has 2 heterocycles. The monoisotopic (exact) mass is 491 g/mol. The molecule has 9 heteroatoms. The highest BCUT2D eigenvalue weighted by atomic mass is 32.1. The fourth-order valence-corrected chi connectivity index (χ4v) is 4.92. The van der Waals surface area contributed by atoms with Gasteiger partial charge in [0.15, 0.2) is 6.61 Å². The molecule has 0 saturated heterocycles. The van der Waals surface area contributed by atoms with Crippen LogP contribution in [0.1, 0.15) is 20.8 Å². The SMILES string of the molecule is Cc1ccc(C(=O)NNC(=O)COC(=O)Cc2sc(-c3ccccc3)nc2-c2cccs2)cc1. The maximum atomic E-state index is 12.5. The minimum Gasteiger partial charge on any atom is -0.455 e. The van der Waals surface area contributed by atoms with Crippen LogP contribution in [0.5, 0.6) is 0 Å². The van der Waals surface area contributed by atoms with Crippen LogP contribution in [0.25, 0.3) is 21.1 Å². The molecule has 0 bridgehead atoms. The summed E-state index contributed by atoms with van der Waals surface area (Å²) < 4.78 is 5.13. The smallest absolute Gasteiger partial charge is 0.311 e. The molecule has 2 amide bonds. The minimum absolute atomic E-state index is 0.0132. The number of hydrogen-bond acceptors (Lipinski definition) is 7. The lowest BCUT2D eigenvalue weighted by Crippen LogP contribution is -2.43. The zero-order chi connectivity index (χ0) is 23.9. The van der Waals surface area contributed by atoms with Crippen LogP contribution in [-0.4, -0.2) is 29.4 Å². The van der Waals surface area contributed by atoms with Crippen LogP contribution in [-0.2, 0) is 20.7 Å². The normalized spacial score (nSPS) is 10.5. The van der Waals surface area contributed by atoms with Gasteiger partial charge in [-0.05, 0) is 30.5 Å². The topological polar surface area (TPSA) is 97.4 Å². The Morgan fingerprint density at radius 1 is 0.941 bits per heavy atom. The number of thiazole rings is 1. The number of amides is 2. The molecule has 0 atom stereocenters. The number of thiophene rings is 1. The van der Waals surface area contributed by atoms with Crippen LogP contribution in [0, 0.1) is 6.92 Å². The van der Waals surface area contributed by atoms with Crippen molar-refractivity contribution < 1.29 is 19.1 Å². The van der Waals surface area contributed by atoms with Gasteiger partial charge in [0.2, 0.25) is 0 Å². The van der Waals surface area contributed by atoms with Crippen LogP contribution < -0.4 is 10.9 Å². The summed E-state index contributed by atoms with van der Waals surface area (Å²) in [5, 5.41) is 2.76. The van der Waals surface area contributed by atoms with Crippen LogP contribution >= 0.6 is 22.7 Å². The molecule has 0 fully saturated rings. The van der Waals surface area contributed by atoms with Crippen molar-refractivity contribution in [3.8, 4) is 21.1 Å². The van der Waals surface area contributed by atoms with Gasteiger partial charge in [-0.2, -0.15) is 0 Å².